The lowest BCUT2D eigenvalue weighted by Crippen LogP contribution is -2.65. The summed E-state index contributed by atoms with van der Waals surface area (Å²) in [6, 6.07) is 2.79. The van der Waals surface area contributed by atoms with Gasteiger partial charge in [-0.25, -0.2) is 4.39 Å². The summed E-state index contributed by atoms with van der Waals surface area (Å²) >= 11 is 0. The highest BCUT2D eigenvalue weighted by Crippen LogP contribution is 2.65. The number of halogens is 1. The summed E-state index contributed by atoms with van der Waals surface area (Å²) in [7, 11) is 2.39. The fourth-order valence-corrected chi connectivity index (χ4v) is 7.06. The molecule has 6 atom stereocenters. The number of nitrogens with one attached hydrogen (secondary N) is 3. The van der Waals surface area contributed by atoms with Gasteiger partial charge >= 0.3 is 7.12 Å². The smallest absolute Gasteiger partial charge is 0.481 e. The molecule has 0 spiro atoms. The number of amides is 2. The third kappa shape index (κ3) is 6.54. The highest BCUT2D eigenvalue weighted by Gasteiger charge is 2.68. The zero-order valence-electron chi connectivity index (χ0n) is 26.0. The number of hydrogen-bond acceptors (Lipinski definition) is 6. The molecule has 0 aromatic heterocycles. The first-order valence-corrected chi connectivity index (χ1v) is 15.0. The van der Waals surface area contributed by atoms with Crippen LogP contribution in [0, 0.1) is 29.0 Å². The van der Waals surface area contributed by atoms with Gasteiger partial charge in [0.25, 0.3) is 5.91 Å². The molecule has 0 radical (unpaired) electrons. The van der Waals surface area contributed by atoms with Gasteiger partial charge in [-0.05, 0) is 80.4 Å². The lowest BCUT2D eigenvalue weighted by Gasteiger charge is -2.64. The second kappa shape index (κ2) is 12.8. The van der Waals surface area contributed by atoms with Crippen LogP contribution in [-0.2, 0) is 14.1 Å². The fourth-order valence-electron chi connectivity index (χ4n) is 7.06. The molecule has 5 N–H and O–H groups in total. The van der Waals surface area contributed by atoms with E-state index in [2.05, 4.69) is 55.6 Å². The van der Waals surface area contributed by atoms with E-state index in [-0.39, 0.29) is 40.6 Å². The molecule has 1 saturated heterocycles. The van der Waals surface area contributed by atoms with E-state index < -0.39 is 36.4 Å². The molecule has 5 rings (SSSR count). The number of methoxy groups -OCH3 is 1. The van der Waals surface area contributed by atoms with E-state index in [1.807, 2.05) is 0 Å². The van der Waals surface area contributed by atoms with Crippen LogP contribution in [0.15, 0.2) is 23.2 Å². The van der Waals surface area contributed by atoms with Crippen molar-refractivity contribution in [3.8, 4) is 5.75 Å². The Morgan fingerprint density at radius 3 is 2.62 bits per heavy atom. The summed E-state index contributed by atoms with van der Waals surface area (Å²) < 4.78 is 32.5. The van der Waals surface area contributed by atoms with Crippen LogP contribution in [0.1, 0.15) is 77.1 Å². The van der Waals surface area contributed by atoms with Gasteiger partial charge in [0.05, 0.1) is 30.3 Å². The maximum absolute atomic E-state index is 14.0. The number of rotatable bonds is 12. The molecule has 4 fully saturated rings. The van der Waals surface area contributed by atoms with Crippen molar-refractivity contribution in [3.63, 3.8) is 0 Å². The number of guanidine groups is 1. The Morgan fingerprint density at radius 2 is 1.98 bits per heavy atom. The van der Waals surface area contributed by atoms with Crippen molar-refractivity contribution >= 4 is 24.9 Å². The Bertz CT molecular complexity index is 1180. The van der Waals surface area contributed by atoms with Crippen LogP contribution in [0.4, 0.5) is 4.39 Å². The van der Waals surface area contributed by atoms with Crippen molar-refractivity contribution in [1.82, 2.24) is 16.0 Å². The van der Waals surface area contributed by atoms with E-state index in [1.165, 1.54) is 19.2 Å². The van der Waals surface area contributed by atoms with Crippen molar-refractivity contribution in [2.75, 3.05) is 20.7 Å². The van der Waals surface area contributed by atoms with Crippen molar-refractivity contribution in [1.29, 1.82) is 0 Å². The summed E-state index contributed by atoms with van der Waals surface area (Å²) in [6.45, 7) is 11.4. The van der Waals surface area contributed by atoms with Gasteiger partial charge in [-0.2, -0.15) is 0 Å². The van der Waals surface area contributed by atoms with E-state index in [1.54, 1.807) is 7.05 Å². The molecule has 2 amide bonds. The number of carbonyl (C=O) groups excluding carboxylic acids is 2. The van der Waals surface area contributed by atoms with Crippen molar-refractivity contribution in [2.45, 2.75) is 90.4 Å². The van der Waals surface area contributed by atoms with Gasteiger partial charge in [0.1, 0.15) is 17.6 Å². The summed E-state index contributed by atoms with van der Waals surface area (Å²) in [5.41, 5.74) is 5.54. The maximum atomic E-state index is 14.0. The highest BCUT2D eigenvalue weighted by molar-refractivity contribution is 6.48. The van der Waals surface area contributed by atoms with Crippen molar-refractivity contribution in [3.05, 3.63) is 29.6 Å². The van der Waals surface area contributed by atoms with Gasteiger partial charge in [-0.15, -0.1) is 0 Å². The molecular weight excluding hydrogens is 540 g/mol. The van der Waals surface area contributed by atoms with E-state index in [0.717, 1.165) is 18.9 Å². The molecule has 2 bridgehead atoms. The molecule has 1 aliphatic heterocycles. The minimum absolute atomic E-state index is 0.00979. The Hall–Kier alpha value is -2.86. The number of hydrogen-bond donors (Lipinski definition) is 4. The van der Waals surface area contributed by atoms with Gasteiger partial charge < -0.3 is 35.7 Å². The summed E-state index contributed by atoms with van der Waals surface area (Å²) in [5.74, 6) is -0.199. The molecule has 1 heterocycles. The first-order chi connectivity index (χ1) is 19.8. The molecule has 12 heteroatoms. The molecule has 4 aliphatic rings. The fraction of sp³-hybridized carbons (Fsp3) is 0.700. The van der Waals surface area contributed by atoms with Crippen molar-refractivity contribution in [2.24, 2.45) is 33.9 Å². The standard InChI is InChI=1S/C30H47BFN5O5/c1-17(2)13-25(31-41-24-15-18-14-23(29(18,3)4)30(24,5)42-31)37-27(39)21(9-8-12-35-28(33)34-6)36-26(38)20-16-19(32)10-11-22(20)40-7/h10-11,16-18,21,23-25H,8-9,12-15H2,1-7H3,(H,36,38)(H,37,39)(H3,33,34,35)/t18-,21-,23-,24+,25-,30-/m0/s1. The minimum Gasteiger partial charge on any atom is -0.496 e. The van der Waals surface area contributed by atoms with Crippen LogP contribution in [0.3, 0.4) is 0 Å². The Labute approximate surface area is 249 Å². The van der Waals surface area contributed by atoms with Gasteiger partial charge in [0.2, 0.25) is 5.91 Å². The van der Waals surface area contributed by atoms with E-state index in [4.69, 9.17) is 19.8 Å². The van der Waals surface area contributed by atoms with Gasteiger partial charge in [0.15, 0.2) is 5.96 Å². The average Bonchev–Trinajstić information content (AvgIpc) is 3.30. The quantitative estimate of drug-likeness (QED) is 0.128. The first-order valence-electron chi connectivity index (χ1n) is 15.0. The Balaban J connectivity index is 1.50. The topological polar surface area (TPSA) is 136 Å². The van der Waals surface area contributed by atoms with Crippen LogP contribution < -0.4 is 26.4 Å². The molecule has 1 aromatic carbocycles. The lowest BCUT2D eigenvalue weighted by atomic mass is 9.43. The first kappa shape index (κ1) is 32.1. The van der Waals surface area contributed by atoms with E-state index in [0.29, 0.717) is 37.6 Å². The minimum atomic E-state index is -0.910. The lowest BCUT2D eigenvalue weighted by molar-refractivity contribution is -0.199. The predicted molar refractivity (Wildman–Crippen MR) is 160 cm³/mol. The monoisotopic (exact) mass is 587 g/mol. The predicted octanol–water partition coefficient (Wildman–Crippen LogP) is 3.05. The highest BCUT2D eigenvalue weighted by atomic mass is 19.1. The van der Waals surface area contributed by atoms with Gasteiger partial charge in [-0.1, -0.05) is 27.7 Å². The largest absolute Gasteiger partial charge is 0.496 e. The van der Waals surface area contributed by atoms with Gasteiger partial charge in [-0.3, -0.25) is 14.6 Å². The number of nitrogens with zero attached hydrogens (tertiary/aromatic N) is 1. The van der Waals surface area contributed by atoms with E-state index in [9.17, 15) is 14.0 Å². The summed E-state index contributed by atoms with van der Waals surface area (Å²) in [5, 5.41) is 8.92. The van der Waals surface area contributed by atoms with Crippen molar-refractivity contribution < 1.29 is 28.0 Å². The molecule has 0 unspecified atom stereocenters. The molecule has 232 valence electrons. The van der Waals surface area contributed by atoms with Crippen LogP contribution in [0.5, 0.6) is 5.75 Å². The molecular formula is C30H47BFN5O5. The Kier molecular flexibility index (Phi) is 9.77. The number of carbonyl (C=O) groups is 2. The number of ether oxygens (including phenoxy) is 1. The summed E-state index contributed by atoms with van der Waals surface area (Å²) in [6.07, 6.45) is 3.52. The van der Waals surface area contributed by atoms with Crippen LogP contribution >= 0.6 is 0 Å². The number of benzene rings is 1. The molecule has 42 heavy (non-hydrogen) atoms. The molecule has 10 nitrogen and oxygen atoms in total. The van der Waals surface area contributed by atoms with Crippen LogP contribution in [0.25, 0.3) is 0 Å². The molecule has 3 aliphatic carbocycles. The van der Waals surface area contributed by atoms with E-state index >= 15 is 0 Å². The molecule has 1 aromatic rings. The SMILES string of the molecule is CN=C(N)NCCC[C@H](NC(=O)c1cc(F)ccc1OC)C(=O)N[C@@H](CC(C)C)B1O[C@@H]2C[C@@H]3C[C@@H](C3(C)C)[C@]2(C)O1. The number of aliphatic imine (C=N–C) groups is 1. The van der Waals surface area contributed by atoms with Crippen LogP contribution in [0.2, 0.25) is 0 Å². The van der Waals surface area contributed by atoms with Crippen LogP contribution in [-0.4, -0.2) is 69.3 Å². The second-order valence-electron chi connectivity index (χ2n) is 13.1. The summed E-state index contributed by atoms with van der Waals surface area (Å²) in [4.78, 5) is 31.0. The average molecular weight is 588 g/mol. The number of nitrogens with two attached hydrogens (primary N) is 1. The molecule has 3 saturated carbocycles. The zero-order valence-corrected chi connectivity index (χ0v) is 26.0. The second-order valence-corrected chi connectivity index (χ2v) is 13.1. The third-order valence-corrected chi connectivity index (χ3v) is 9.59. The Morgan fingerprint density at radius 1 is 1.24 bits per heavy atom. The normalized spacial score (nSPS) is 27.5. The zero-order chi connectivity index (χ0) is 30.8. The third-order valence-electron chi connectivity index (χ3n) is 9.59. The van der Waals surface area contributed by atoms with Gasteiger partial charge in [0, 0.05) is 13.6 Å². The maximum Gasteiger partial charge on any atom is 0.481 e.